The molecule has 3 aromatic carbocycles. The van der Waals surface area contributed by atoms with E-state index in [0.717, 1.165) is 32.0 Å². The van der Waals surface area contributed by atoms with E-state index in [1.165, 1.54) is 6.92 Å². The van der Waals surface area contributed by atoms with E-state index < -0.39 is 0 Å². The Kier molecular flexibility index (Phi) is 6.38. The zero-order chi connectivity index (χ0) is 21.6. The number of nitrogens with zero attached hydrogens (tertiary/aromatic N) is 2. The van der Waals surface area contributed by atoms with Gasteiger partial charge in [-0.05, 0) is 42.0 Å². The maximum Gasteiger partial charge on any atom is 0.226 e. The molecule has 156 valence electrons. The van der Waals surface area contributed by atoms with Gasteiger partial charge in [-0.25, -0.2) is 4.98 Å². The first-order valence-electron chi connectivity index (χ1n) is 10.1. The minimum Gasteiger partial charge on any atom is -0.338 e. The third-order valence-electron chi connectivity index (χ3n) is 4.98. The van der Waals surface area contributed by atoms with Gasteiger partial charge < -0.3 is 10.2 Å². The Morgan fingerprint density at radius 1 is 0.935 bits per heavy atom. The molecule has 0 radical (unpaired) electrons. The first-order chi connectivity index (χ1) is 15.1. The number of nitrogens with one attached hydrogen (secondary N) is 1. The fourth-order valence-corrected chi connectivity index (χ4v) is 4.27. The van der Waals surface area contributed by atoms with Gasteiger partial charge >= 0.3 is 0 Å². The number of rotatable bonds is 7. The van der Waals surface area contributed by atoms with Crippen LogP contribution in [0.2, 0.25) is 0 Å². The van der Waals surface area contributed by atoms with Crippen molar-refractivity contribution in [3.8, 4) is 10.6 Å². The Balaban J connectivity index is 1.34. The second-order valence-electron chi connectivity index (χ2n) is 7.29. The van der Waals surface area contributed by atoms with E-state index in [-0.39, 0.29) is 18.2 Å². The van der Waals surface area contributed by atoms with Crippen LogP contribution in [-0.4, -0.2) is 28.2 Å². The standard InChI is InChI=1S/C25H23N3O2S/c1-18(29)28(17-19-7-3-2-4-8-19)16-15-24(30)26-21-13-11-20(12-14-21)25-27-22-9-5-6-10-23(22)31-25/h2-14H,15-17H2,1H3,(H,26,30). The molecular weight excluding hydrogens is 406 g/mol. The highest BCUT2D eigenvalue weighted by Gasteiger charge is 2.12. The molecule has 1 heterocycles. The van der Waals surface area contributed by atoms with E-state index in [1.54, 1.807) is 16.2 Å². The van der Waals surface area contributed by atoms with Gasteiger partial charge in [0, 0.05) is 37.7 Å². The lowest BCUT2D eigenvalue weighted by Gasteiger charge is -2.21. The lowest BCUT2D eigenvalue weighted by atomic mass is 10.2. The molecule has 1 N–H and O–H groups in total. The zero-order valence-corrected chi connectivity index (χ0v) is 18.1. The first kappa shape index (κ1) is 20.8. The van der Waals surface area contributed by atoms with E-state index >= 15 is 0 Å². The van der Waals surface area contributed by atoms with Crippen LogP contribution in [0.4, 0.5) is 5.69 Å². The van der Waals surface area contributed by atoms with Crippen LogP contribution in [0.1, 0.15) is 18.9 Å². The van der Waals surface area contributed by atoms with Gasteiger partial charge in [0.25, 0.3) is 0 Å². The molecule has 4 rings (SSSR count). The molecule has 0 aliphatic heterocycles. The van der Waals surface area contributed by atoms with Gasteiger partial charge in [-0.2, -0.15) is 0 Å². The third kappa shape index (κ3) is 5.35. The number of fused-ring (bicyclic) bond motifs is 1. The van der Waals surface area contributed by atoms with Crippen LogP contribution in [0.25, 0.3) is 20.8 Å². The fraction of sp³-hybridized carbons (Fsp3) is 0.160. The summed E-state index contributed by atoms with van der Waals surface area (Å²) in [6.07, 6.45) is 0.242. The molecule has 0 fully saturated rings. The van der Waals surface area contributed by atoms with E-state index in [0.29, 0.717) is 13.1 Å². The average molecular weight is 430 g/mol. The molecule has 4 aromatic rings. The molecule has 6 heteroatoms. The highest BCUT2D eigenvalue weighted by molar-refractivity contribution is 7.21. The molecule has 0 aliphatic carbocycles. The summed E-state index contributed by atoms with van der Waals surface area (Å²) in [5.74, 6) is -0.163. The number of aromatic nitrogens is 1. The highest BCUT2D eigenvalue weighted by Crippen LogP contribution is 2.30. The quantitative estimate of drug-likeness (QED) is 0.431. The molecule has 1 aromatic heterocycles. The number of carbonyl (C=O) groups excluding carboxylic acids is 2. The van der Waals surface area contributed by atoms with Crippen LogP contribution in [0, 0.1) is 0 Å². The Hall–Kier alpha value is -3.51. The molecule has 0 saturated carbocycles. The van der Waals surface area contributed by atoms with Gasteiger partial charge in [0.05, 0.1) is 10.2 Å². The molecule has 0 aliphatic rings. The van der Waals surface area contributed by atoms with E-state index in [1.807, 2.05) is 72.8 Å². The van der Waals surface area contributed by atoms with Crippen molar-refractivity contribution in [3.05, 3.63) is 84.4 Å². The van der Waals surface area contributed by atoms with Gasteiger partial charge in [-0.1, -0.05) is 42.5 Å². The molecule has 0 atom stereocenters. The van der Waals surface area contributed by atoms with Crippen molar-refractivity contribution in [2.24, 2.45) is 0 Å². The van der Waals surface area contributed by atoms with Crippen LogP contribution < -0.4 is 5.32 Å². The van der Waals surface area contributed by atoms with Crippen molar-refractivity contribution in [3.63, 3.8) is 0 Å². The lowest BCUT2D eigenvalue weighted by Crippen LogP contribution is -2.31. The molecule has 0 spiro atoms. The molecule has 0 unspecified atom stereocenters. The number of hydrogen-bond donors (Lipinski definition) is 1. The maximum atomic E-state index is 12.4. The summed E-state index contributed by atoms with van der Waals surface area (Å²) in [6, 6.07) is 25.5. The number of hydrogen-bond acceptors (Lipinski definition) is 4. The van der Waals surface area contributed by atoms with E-state index in [4.69, 9.17) is 0 Å². The molecule has 5 nitrogen and oxygen atoms in total. The number of para-hydroxylation sites is 1. The van der Waals surface area contributed by atoms with Crippen LogP contribution >= 0.6 is 11.3 Å². The van der Waals surface area contributed by atoms with Crippen molar-refractivity contribution in [2.75, 3.05) is 11.9 Å². The van der Waals surface area contributed by atoms with Crippen LogP contribution in [0.5, 0.6) is 0 Å². The number of amides is 2. The third-order valence-corrected chi connectivity index (χ3v) is 6.07. The van der Waals surface area contributed by atoms with Gasteiger partial charge in [0.2, 0.25) is 11.8 Å². The second kappa shape index (κ2) is 9.53. The van der Waals surface area contributed by atoms with Crippen LogP contribution in [-0.2, 0) is 16.1 Å². The predicted molar refractivity (Wildman–Crippen MR) is 126 cm³/mol. The smallest absolute Gasteiger partial charge is 0.226 e. The Labute approximate surface area is 185 Å². The van der Waals surface area contributed by atoms with Gasteiger partial charge in [-0.3, -0.25) is 9.59 Å². The largest absolute Gasteiger partial charge is 0.338 e. The zero-order valence-electron chi connectivity index (χ0n) is 17.2. The SMILES string of the molecule is CC(=O)N(CCC(=O)Nc1ccc(-c2nc3ccccc3s2)cc1)Cc1ccccc1. The molecule has 31 heavy (non-hydrogen) atoms. The Morgan fingerprint density at radius 2 is 1.65 bits per heavy atom. The van der Waals surface area contributed by atoms with Crippen molar-refractivity contribution in [2.45, 2.75) is 19.9 Å². The van der Waals surface area contributed by atoms with Crippen molar-refractivity contribution >= 4 is 39.1 Å². The van der Waals surface area contributed by atoms with Crippen molar-refractivity contribution in [1.29, 1.82) is 0 Å². The molecule has 0 bridgehead atoms. The van der Waals surface area contributed by atoms with Crippen LogP contribution in [0.15, 0.2) is 78.9 Å². The van der Waals surface area contributed by atoms with Crippen molar-refractivity contribution in [1.82, 2.24) is 9.88 Å². The number of benzene rings is 3. The first-order valence-corrected chi connectivity index (χ1v) is 11.0. The summed E-state index contributed by atoms with van der Waals surface area (Å²) in [7, 11) is 0. The normalized spacial score (nSPS) is 10.7. The summed E-state index contributed by atoms with van der Waals surface area (Å²) in [5, 5.41) is 3.87. The number of anilines is 1. The Morgan fingerprint density at radius 3 is 2.35 bits per heavy atom. The monoisotopic (exact) mass is 429 g/mol. The molecular formula is C25H23N3O2S. The summed E-state index contributed by atoms with van der Waals surface area (Å²) in [5.41, 5.74) is 3.78. The predicted octanol–water partition coefficient (Wildman–Crippen LogP) is 5.34. The summed E-state index contributed by atoms with van der Waals surface area (Å²) < 4.78 is 1.15. The average Bonchev–Trinajstić information content (AvgIpc) is 3.22. The fourth-order valence-electron chi connectivity index (χ4n) is 3.30. The summed E-state index contributed by atoms with van der Waals surface area (Å²) >= 11 is 1.65. The van der Waals surface area contributed by atoms with Gasteiger partial charge in [0.15, 0.2) is 0 Å². The maximum absolute atomic E-state index is 12.4. The van der Waals surface area contributed by atoms with Gasteiger partial charge in [-0.15, -0.1) is 11.3 Å². The number of carbonyl (C=O) groups is 2. The lowest BCUT2D eigenvalue weighted by molar-refractivity contribution is -0.129. The Bertz CT molecular complexity index is 1150. The van der Waals surface area contributed by atoms with E-state index in [2.05, 4.69) is 16.4 Å². The van der Waals surface area contributed by atoms with Crippen molar-refractivity contribution < 1.29 is 9.59 Å². The molecule has 0 saturated heterocycles. The van der Waals surface area contributed by atoms with Gasteiger partial charge in [0.1, 0.15) is 5.01 Å². The molecule has 2 amide bonds. The van der Waals surface area contributed by atoms with E-state index in [9.17, 15) is 9.59 Å². The topological polar surface area (TPSA) is 62.3 Å². The minimum absolute atomic E-state index is 0.0446. The highest BCUT2D eigenvalue weighted by atomic mass is 32.1. The second-order valence-corrected chi connectivity index (χ2v) is 8.32. The minimum atomic E-state index is -0.118. The van der Waals surface area contributed by atoms with Crippen LogP contribution in [0.3, 0.4) is 0 Å². The number of thiazole rings is 1. The summed E-state index contributed by atoms with van der Waals surface area (Å²) in [6.45, 7) is 2.40. The summed E-state index contributed by atoms with van der Waals surface area (Å²) in [4.78, 5) is 30.7.